The Morgan fingerprint density at radius 3 is 2.09 bits per heavy atom. The Hall–Kier alpha value is -5.10. The summed E-state index contributed by atoms with van der Waals surface area (Å²) in [5, 5.41) is 9.25. The number of fused-ring (bicyclic) bond motifs is 2. The van der Waals surface area contributed by atoms with Crippen LogP contribution in [0.4, 0.5) is 9.59 Å². The van der Waals surface area contributed by atoms with Crippen LogP contribution in [0.25, 0.3) is 21.3 Å². The van der Waals surface area contributed by atoms with Crippen LogP contribution in [-0.2, 0) is 22.6 Å². The lowest BCUT2D eigenvalue weighted by atomic mass is 10.1. The predicted octanol–water partition coefficient (Wildman–Crippen LogP) is 7.61. The number of imide groups is 1. The van der Waals surface area contributed by atoms with Gasteiger partial charge in [0, 0.05) is 5.56 Å². The third-order valence-electron chi connectivity index (χ3n) is 6.42. The summed E-state index contributed by atoms with van der Waals surface area (Å²) in [6.45, 7) is 9.97. The van der Waals surface area contributed by atoms with Crippen molar-refractivity contribution in [2.45, 2.75) is 65.9 Å². The molecular formula is C34H35N5O6S. The van der Waals surface area contributed by atoms with Gasteiger partial charge in [-0.1, -0.05) is 30.3 Å². The van der Waals surface area contributed by atoms with Crippen molar-refractivity contribution in [3.63, 3.8) is 0 Å². The fraction of sp³-hybridized carbons (Fsp3) is 0.294. The van der Waals surface area contributed by atoms with Crippen molar-refractivity contribution >= 4 is 56.4 Å². The van der Waals surface area contributed by atoms with Crippen molar-refractivity contribution in [3.05, 3.63) is 89.2 Å². The van der Waals surface area contributed by atoms with E-state index in [0.717, 1.165) is 10.2 Å². The Morgan fingerprint density at radius 1 is 0.826 bits per heavy atom. The summed E-state index contributed by atoms with van der Waals surface area (Å²) >= 11 is 1.32. The molecule has 2 aromatic heterocycles. The van der Waals surface area contributed by atoms with E-state index in [2.05, 4.69) is 4.98 Å². The number of nitrogens with zero attached hydrogens (tertiary/aromatic N) is 4. The Kier molecular flexibility index (Phi) is 8.93. The summed E-state index contributed by atoms with van der Waals surface area (Å²) in [6, 6.07) is 21.6. The van der Waals surface area contributed by atoms with Gasteiger partial charge in [-0.3, -0.25) is 10.2 Å². The van der Waals surface area contributed by atoms with Gasteiger partial charge in [-0.05, 0) is 84.0 Å². The summed E-state index contributed by atoms with van der Waals surface area (Å²) in [6.07, 6.45) is -2.09. The molecule has 0 unspecified atom stereocenters. The average molecular weight is 642 g/mol. The number of hydrogen-bond acceptors (Lipinski definition) is 10. The minimum Gasteiger partial charge on any atom is -0.486 e. The van der Waals surface area contributed by atoms with Crippen molar-refractivity contribution < 1.29 is 28.6 Å². The van der Waals surface area contributed by atoms with Gasteiger partial charge in [0.15, 0.2) is 5.01 Å². The lowest BCUT2D eigenvalue weighted by molar-refractivity contribution is 0.0147. The van der Waals surface area contributed by atoms with Gasteiger partial charge < -0.3 is 18.8 Å². The molecule has 0 fully saturated rings. The Morgan fingerprint density at radius 2 is 1.46 bits per heavy atom. The van der Waals surface area contributed by atoms with Gasteiger partial charge in [-0.25, -0.2) is 19.6 Å². The molecule has 5 rings (SSSR count). The maximum Gasteiger partial charge on any atom is 0.425 e. The number of Topliss-reactive ketones (excluding diaryl/α,β-unsaturated/α-hetero) is 1. The first-order valence-electron chi connectivity index (χ1n) is 14.6. The number of ether oxygens (including phenoxy) is 3. The molecule has 0 bridgehead atoms. The van der Waals surface area contributed by atoms with Crippen LogP contribution in [0.5, 0.6) is 5.75 Å². The molecule has 0 spiro atoms. The fourth-order valence-corrected chi connectivity index (χ4v) is 5.38. The molecule has 2 amide bonds. The Bertz CT molecular complexity index is 1870. The van der Waals surface area contributed by atoms with Crippen LogP contribution in [-0.4, -0.2) is 54.4 Å². The zero-order valence-electron chi connectivity index (χ0n) is 26.5. The summed E-state index contributed by atoms with van der Waals surface area (Å²) in [7, 11) is 0. The molecule has 2 heterocycles. The Labute approximate surface area is 270 Å². The highest BCUT2D eigenvalue weighted by molar-refractivity contribution is 7.20. The molecule has 12 heteroatoms. The van der Waals surface area contributed by atoms with E-state index in [9.17, 15) is 14.4 Å². The number of carbonyl (C=O) groups excluding carboxylic acids is 3. The van der Waals surface area contributed by atoms with E-state index in [1.807, 2.05) is 54.6 Å². The number of thiazole rings is 1. The van der Waals surface area contributed by atoms with Crippen molar-refractivity contribution in [2.75, 3.05) is 0 Å². The lowest BCUT2D eigenvalue weighted by Gasteiger charge is -2.28. The molecule has 0 radical (unpaired) electrons. The zero-order chi connectivity index (χ0) is 33.2. The van der Waals surface area contributed by atoms with Crippen molar-refractivity contribution in [1.29, 1.82) is 5.41 Å². The monoisotopic (exact) mass is 641 g/mol. The van der Waals surface area contributed by atoms with E-state index >= 15 is 0 Å². The smallest absolute Gasteiger partial charge is 0.425 e. The van der Waals surface area contributed by atoms with Crippen molar-refractivity contribution in [1.82, 2.24) is 19.4 Å². The molecule has 0 aliphatic rings. The first kappa shape index (κ1) is 32.3. The molecule has 1 N–H and O–H groups in total. The van der Waals surface area contributed by atoms with Gasteiger partial charge in [0.2, 0.25) is 5.78 Å². The van der Waals surface area contributed by atoms with Gasteiger partial charge >= 0.3 is 12.2 Å². The van der Waals surface area contributed by atoms with Gasteiger partial charge in [0.05, 0.1) is 27.8 Å². The summed E-state index contributed by atoms with van der Waals surface area (Å²) in [4.78, 5) is 49.6. The largest absolute Gasteiger partial charge is 0.486 e. The molecule has 5 aromatic rings. The number of benzene rings is 3. The third kappa shape index (κ3) is 7.57. The molecule has 0 saturated heterocycles. The number of amides is 2. The molecule has 11 nitrogen and oxygen atoms in total. The number of hydrogen-bond donors (Lipinski definition) is 1. The number of ketones is 1. The first-order chi connectivity index (χ1) is 21.7. The van der Waals surface area contributed by atoms with Crippen LogP contribution >= 0.6 is 11.3 Å². The molecule has 238 valence electrons. The van der Waals surface area contributed by atoms with Crippen LogP contribution in [0.2, 0.25) is 0 Å². The van der Waals surface area contributed by atoms with E-state index in [1.54, 1.807) is 64.3 Å². The average Bonchev–Trinajstić information content (AvgIpc) is 3.56. The Balaban J connectivity index is 1.51. The molecule has 3 aromatic carbocycles. The number of imidazole rings is 1. The number of carbonyl (C=O) groups is 3. The van der Waals surface area contributed by atoms with Crippen LogP contribution < -0.4 is 4.74 Å². The van der Waals surface area contributed by atoms with Crippen LogP contribution in [0.1, 0.15) is 62.7 Å². The van der Waals surface area contributed by atoms with E-state index in [0.29, 0.717) is 32.5 Å². The highest BCUT2D eigenvalue weighted by atomic mass is 32.1. The molecule has 0 saturated carbocycles. The highest BCUT2D eigenvalue weighted by Crippen LogP contribution is 2.26. The number of rotatable bonds is 7. The molecule has 0 aliphatic carbocycles. The minimum atomic E-state index is -1.05. The van der Waals surface area contributed by atoms with Crippen molar-refractivity contribution in [3.8, 4) is 5.75 Å². The number of para-hydroxylation sites is 2. The number of amidine groups is 1. The summed E-state index contributed by atoms with van der Waals surface area (Å²) in [5.41, 5.74) is 0.134. The molecule has 0 aliphatic heterocycles. The van der Waals surface area contributed by atoms with E-state index in [4.69, 9.17) is 24.6 Å². The quantitative estimate of drug-likeness (QED) is 0.109. The predicted molar refractivity (Wildman–Crippen MR) is 176 cm³/mol. The maximum absolute atomic E-state index is 13.5. The van der Waals surface area contributed by atoms with Gasteiger partial charge in [-0.15, -0.1) is 11.3 Å². The minimum absolute atomic E-state index is 0.0530. The molecule has 46 heavy (non-hydrogen) atoms. The van der Waals surface area contributed by atoms with Crippen LogP contribution in [0.3, 0.4) is 0 Å². The topological polar surface area (TPSA) is 137 Å². The molecule has 0 atom stereocenters. The maximum atomic E-state index is 13.5. The first-order valence-corrected chi connectivity index (χ1v) is 15.4. The van der Waals surface area contributed by atoms with Gasteiger partial charge in [0.1, 0.15) is 35.2 Å². The van der Waals surface area contributed by atoms with Gasteiger partial charge in [-0.2, -0.15) is 4.90 Å². The zero-order valence-corrected chi connectivity index (χ0v) is 27.3. The van der Waals surface area contributed by atoms with Crippen molar-refractivity contribution in [2.24, 2.45) is 0 Å². The van der Waals surface area contributed by atoms with Crippen LogP contribution in [0.15, 0.2) is 72.8 Å². The number of nitrogens with one attached hydrogen (secondary N) is 1. The normalized spacial score (nSPS) is 11.8. The van der Waals surface area contributed by atoms with Gasteiger partial charge in [0.25, 0.3) is 0 Å². The van der Waals surface area contributed by atoms with E-state index in [-0.39, 0.29) is 24.5 Å². The second-order valence-corrected chi connectivity index (χ2v) is 13.5. The van der Waals surface area contributed by atoms with Crippen LogP contribution in [0, 0.1) is 5.41 Å². The summed E-state index contributed by atoms with van der Waals surface area (Å²) < 4.78 is 19.5. The van der Waals surface area contributed by atoms with E-state index in [1.165, 1.54) is 11.3 Å². The second-order valence-electron chi connectivity index (χ2n) is 12.5. The number of aromatic nitrogens is 3. The fourth-order valence-electron chi connectivity index (χ4n) is 4.48. The third-order valence-corrected chi connectivity index (χ3v) is 7.50. The second kappa shape index (κ2) is 12.7. The van der Waals surface area contributed by atoms with E-state index < -0.39 is 29.2 Å². The standard InChI is InChI=1S/C34H35N5O6S/c1-33(2,3)44-31(41)39(32(42)45-34(4,5)6)29(35)21-16-17-25-24(18-21)36-28(20-43-22-12-8-7-9-13-22)38(25)19-26(40)30-37-23-14-10-11-15-27(23)46-30/h7-18,35H,19-20H2,1-6H3. The lowest BCUT2D eigenvalue weighted by Crippen LogP contribution is -2.47. The SMILES string of the molecule is CC(C)(C)OC(=O)N(C(=N)c1ccc2c(c1)nc(COc1ccccc1)n2CC(=O)c1nc2ccccc2s1)C(=O)OC(C)(C)C. The summed E-state index contributed by atoms with van der Waals surface area (Å²) in [5.74, 6) is 0.450. The highest BCUT2D eigenvalue weighted by Gasteiger charge is 2.35. The molecular weight excluding hydrogens is 606 g/mol.